The number of rotatable bonds is 4. The van der Waals surface area contributed by atoms with Crippen LogP contribution in [0.4, 0.5) is 17.1 Å². The normalized spacial score (nSPS) is 12.0. The molecule has 0 saturated carbocycles. The number of nitrogens with zero attached hydrogens (tertiary/aromatic N) is 1. The molecule has 3 aromatic carbocycles. The molecule has 4 rings (SSSR count). The summed E-state index contributed by atoms with van der Waals surface area (Å²) in [5.74, 6) is -0.876. The summed E-state index contributed by atoms with van der Waals surface area (Å²) in [6.45, 7) is -0.447. The van der Waals surface area contributed by atoms with Crippen LogP contribution >= 0.6 is 23.4 Å². The number of hydrogen-bond donors (Lipinski definition) is 1. The molecule has 1 aliphatic heterocycles. The van der Waals surface area contributed by atoms with Crippen LogP contribution in [0.2, 0.25) is 5.02 Å². The van der Waals surface area contributed by atoms with Gasteiger partial charge in [0.1, 0.15) is 11.3 Å². The summed E-state index contributed by atoms with van der Waals surface area (Å²) in [4.78, 5) is 29.2. The SMILES string of the molecule is COc1cc(N)c(Cl)cc1C(=O)OCC(=O)N1c2ccccc2Sc2ccccc21. The van der Waals surface area contributed by atoms with Crippen LogP contribution in [0.15, 0.2) is 70.5 Å². The summed E-state index contributed by atoms with van der Waals surface area (Å²) in [5, 5.41) is 0.199. The number of para-hydroxylation sites is 2. The van der Waals surface area contributed by atoms with Crippen molar-refractivity contribution in [2.24, 2.45) is 0 Å². The van der Waals surface area contributed by atoms with Crippen molar-refractivity contribution in [3.05, 3.63) is 71.2 Å². The number of halogens is 1. The fraction of sp³-hybridized carbons (Fsp3) is 0.0909. The van der Waals surface area contributed by atoms with E-state index in [2.05, 4.69) is 0 Å². The Bertz CT molecular complexity index is 1110. The number of ether oxygens (including phenoxy) is 2. The minimum absolute atomic E-state index is 0.0968. The standard InChI is InChI=1S/C22H17ClN2O4S/c1-28-18-11-15(24)14(23)10-13(18)22(27)29-12-21(26)25-16-6-2-4-8-19(16)30-20-9-5-3-7-17(20)25/h2-11H,12,24H2,1H3. The predicted octanol–water partition coefficient (Wildman–Crippen LogP) is 4.92. The van der Waals surface area contributed by atoms with Gasteiger partial charge < -0.3 is 15.2 Å². The maximum atomic E-state index is 13.1. The smallest absolute Gasteiger partial charge is 0.342 e. The highest BCUT2D eigenvalue weighted by Crippen LogP contribution is 2.47. The average molecular weight is 441 g/mol. The van der Waals surface area contributed by atoms with Crippen LogP contribution in [-0.2, 0) is 9.53 Å². The van der Waals surface area contributed by atoms with E-state index in [4.69, 9.17) is 26.8 Å². The summed E-state index contributed by atoms with van der Waals surface area (Å²) < 4.78 is 10.5. The third kappa shape index (κ3) is 3.69. The first-order valence-corrected chi connectivity index (χ1v) is 10.2. The molecule has 0 unspecified atom stereocenters. The van der Waals surface area contributed by atoms with Gasteiger partial charge in [-0.3, -0.25) is 9.69 Å². The molecule has 1 aliphatic rings. The summed E-state index contributed by atoms with van der Waals surface area (Å²) >= 11 is 7.61. The Morgan fingerprint density at radius 2 is 1.63 bits per heavy atom. The third-order valence-electron chi connectivity index (χ3n) is 4.55. The van der Waals surface area contributed by atoms with Crippen molar-refractivity contribution in [1.82, 2.24) is 0 Å². The summed E-state index contributed by atoms with van der Waals surface area (Å²) in [7, 11) is 1.41. The zero-order chi connectivity index (χ0) is 21.3. The predicted molar refractivity (Wildman–Crippen MR) is 117 cm³/mol. The van der Waals surface area contributed by atoms with E-state index in [1.165, 1.54) is 19.2 Å². The van der Waals surface area contributed by atoms with Crippen LogP contribution in [-0.4, -0.2) is 25.6 Å². The average Bonchev–Trinajstić information content (AvgIpc) is 2.77. The molecule has 1 heterocycles. The van der Waals surface area contributed by atoms with Gasteiger partial charge in [0.05, 0.1) is 29.2 Å². The van der Waals surface area contributed by atoms with Crippen molar-refractivity contribution >= 4 is 52.3 Å². The van der Waals surface area contributed by atoms with Crippen LogP contribution in [0.1, 0.15) is 10.4 Å². The quantitative estimate of drug-likeness (QED) is 0.458. The lowest BCUT2D eigenvalue weighted by molar-refractivity contribution is -0.121. The number of benzene rings is 3. The number of methoxy groups -OCH3 is 1. The topological polar surface area (TPSA) is 81.9 Å². The number of anilines is 3. The zero-order valence-electron chi connectivity index (χ0n) is 15.9. The van der Waals surface area contributed by atoms with E-state index in [-0.39, 0.29) is 27.9 Å². The number of hydrogen-bond acceptors (Lipinski definition) is 6. The Morgan fingerprint density at radius 3 is 2.23 bits per heavy atom. The number of amides is 1. The van der Waals surface area contributed by atoms with Gasteiger partial charge in [-0.1, -0.05) is 47.6 Å². The Kier molecular flexibility index (Phi) is 5.57. The number of nitrogen functional groups attached to an aromatic ring is 1. The number of esters is 1. The number of nitrogens with two attached hydrogens (primary N) is 1. The van der Waals surface area contributed by atoms with Crippen molar-refractivity contribution in [1.29, 1.82) is 0 Å². The van der Waals surface area contributed by atoms with Gasteiger partial charge >= 0.3 is 5.97 Å². The van der Waals surface area contributed by atoms with Crippen molar-refractivity contribution in [2.45, 2.75) is 9.79 Å². The van der Waals surface area contributed by atoms with E-state index in [1.807, 2.05) is 48.5 Å². The van der Waals surface area contributed by atoms with E-state index < -0.39 is 12.6 Å². The molecule has 1 amide bonds. The highest BCUT2D eigenvalue weighted by Gasteiger charge is 2.29. The van der Waals surface area contributed by atoms with Crippen LogP contribution in [0, 0.1) is 0 Å². The molecule has 0 atom stereocenters. The van der Waals surface area contributed by atoms with Crippen molar-refractivity contribution in [2.75, 3.05) is 24.4 Å². The molecule has 8 heteroatoms. The van der Waals surface area contributed by atoms with E-state index in [0.29, 0.717) is 0 Å². The first-order valence-electron chi connectivity index (χ1n) is 8.98. The van der Waals surface area contributed by atoms with Crippen molar-refractivity contribution < 1.29 is 19.1 Å². The maximum absolute atomic E-state index is 13.1. The summed E-state index contributed by atoms with van der Waals surface area (Å²) in [6.07, 6.45) is 0. The molecule has 0 bridgehead atoms. The molecule has 0 radical (unpaired) electrons. The second-order valence-corrected chi connectivity index (χ2v) is 7.91. The summed E-state index contributed by atoms with van der Waals surface area (Å²) in [6, 6.07) is 18.0. The minimum atomic E-state index is -0.727. The molecule has 0 aromatic heterocycles. The second kappa shape index (κ2) is 8.30. The van der Waals surface area contributed by atoms with E-state index in [1.54, 1.807) is 16.7 Å². The first kappa shape index (κ1) is 20.1. The fourth-order valence-corrected chi connectivity index (χ4v) is 4.36. The third-order valence-corrected chi connectivity index (χ3v) is 6.00. The lowest BCUT2D eigenvalue weighted by Crippen LogP contribution is -2.32. The van der Waals surface area contributed by atoms with E-state index >= 15 is 0 Å². The highest BCUT2D eigenvalue weighted by molar-refractivity contribution is 7.99. The summed E-state index contributed by atoms with van der Waals surface area (Å²) in [5.41, 5.74) is 7.61. The van der Waals surface area contributed by atoms with Gasteiger partial charge in [0.25, 0.3) is 5.91 Å². The number of carbonyl (C=O) groups excluding carboxylic acids is 2. The number of carbonyl (C=O) groups is 2. The van der Waals surface area contributed by atoms with Gasteiger partial charge in [-0.2, -0.15) is 0 Å². The molecule has 0 spiro atoms. The van der Waals surface area contributed by atoms with Gasteiger partial charge in [-0.15, -0.1) is 0 Å². The Hall–Kier alpha value is -3.16. The zero-order valence-corrected chi connectivity index (χ0v) is 17.5. The molecule has 30 heavy (non-hydrogen) atoms. The minimum Gasteiger partial charge on any atom is -0.496 e. The lowest BCUT2D eigenvalue weighted by atomic mass is 10.2. The molecule has 2 N–H and O–H groups in total. The lowest BCUT2D eigenvalue weighted by Gasteiger charge is -2.30. The Balaban J connectivity index is 1.58. The van der Waals surface area contributed by atoms with Crippen LogP contribution in [0.25, 0.3) is 0 Å². The molecular formula is C22H17ClN2O4S. The largest absolute Gasteiger partial charge is 0.496 e. The Morgan fingerprint density at radius 1 is 1.03 bits per heavy atom. The molecule has 152 valence electrons. The van der Waals surface area contributed by atoms with E-state index in [0.717, 1.165) is 21.2 Å². The molecule has 0 aliphatic carbocycles. The van der Waals surface area contributed by atoms with Crippen LogP contribution in [0.5, 0.6) is 5.75 Å². The maximum Gasteiger partial charge on any atom is 0.342 e. The van der Waals surface area contributed by atoms with Crippen molar-refractivity contribution in [3.8, 4) is 5.75 Å². The first-order chi connectivity index (χ1) is 14.5. The van der Waals surface area contributed by atoms with Crippen molar-refractivity contribution in [3.63, 3.8) is 0 Å². The van der Waals surface area contributed by atoms with Gasteiger partial charge in [0, 0.05) is 15.9 Å². The van der Waals surface area contributed by atoms with Gasteiger partial charge in [0.15, 0.2) is 6.61 Å². The molecule has 0 saturated heterocycles. The monoisotopic (exact) mass is 440 g/mol. The highest BCUT2D eigenvalue weighted by atomic mass is 35.5. The molecule has 6 nitrogen and oxygen atoms in total. The molecule has 3 aromatic rings. The van der Waals surface area contributed by atoms with Crippen LogP contribution in [0.3, 0.4) is 0 Å². The van der Waals surface area contributed by atoms with Gasteiger partial charge in [0.2, 0.25) is 0 Å². The number of fused-ring (bicyclic) bond motifs is 2. The molecule has 0 fully saturated rings. The molecular weight excluding hydrogens is 424 g/mol. The van der Waals surface area contributed by atoms with Gasteiger partial charge in [-0.05, 0) is 30.3 Å². The van der Waals surface area contributed by atoms with Crippen LogP contribution < -0.4 is 15.4 Å². The van der Waals surface area contributed by atoms with E-state index in [9.17, 15) is 9.59 Å². The van der Waals surface area contributed by atoms with Gasteiger partial charge in [-0.25, -0.2) is 4.79 Å². The Labute approximate surface area is 182 Å². The second-order valence-electron chi connectivity index (χ2n) is 6.42. The fourth-order valence-electron chi connectivity index (χ4n) is 3.14.